The first-order valence-electron chi connectivity index (χ1n) is 3.61. The molecule has 0 saturated carbocycles. The van der Waals surface area contributed by atoms with E-state index in [4.69, 9.17) is 20.3 Å². The van der Waals surface area contributed by atoms with Crippen LogP contribution < -0.4 is 15.2 Å². The largest absolute Gasteiger partial charge is 0.478 e. The Balaban J connectivity index is 2.59. The van der Waals surface area contributed by atoms with Gasteiger partial charge in [0.1, 0.15) is 0 Å². The molecule has 0 saturated heterocycles. The SMILES string of the molecule is Nc1c(C(=O)O)ccc2c1OCO2. The number of hydrogen-bond acceptors (Lipinski definition) is 4. The summed E-state index contributed by atoms with van der Waals surface area (Å²) < 4.78 is 10.0. The lowest BCUT2D eigenvalue weighted by Crippen LogP contribution is -2.02. The summed E-state index contributed by atoms with van der Waals surface area (Å²) >= 11 is 0. The van der Waals surface area contributed by atoms with E-state index in [-0.39, 0.29) is 18.0 Å². The minimum Gasteiger partial charge on any atom is -0.478 e. The molecule has 0 fully saturated rings. The van der Waals surface area contributed by atoms with Crippen molar-refractivity contribution in [3.63, 3.8) is 0 Å². The van der Waals surface area contributed by atoms with Crippen molar-refractivity contribution in [2.45, 2.75) is 0 Å². The minimum absolute atomic E-state index is 0.0317. The lowest BCUT2D eigenvalue weighted by atomic mass is 10.1. The number of nitrogen functional groups attached to an aromatic ring is 1. The van der Waals surface area contributed by atoms with Gasteiger partial charge in [0.15, 0.2) is 11.5 Å². The zero-order valence-corrected chi connectivity index (χ0v) is 6.61. The molecule has 0 bridgehead atoms. The fourth-order valence-electron chi connectivity index (χ4n) is 1.18. The van der Waals surface area contributed by atoms with Crippen molar-refractivity contribution in [2.75, 3.05) is 12.5 Å². The summed E-state index contributed by atoms with van der Waals surface area (Å²) in [5.74, 6) is -0.266. The highest BCUT2D eigenvalue weighted by atomic mass is 16.7. The molecule has 1 aliphatic heterocycles. The van der Waals surface area contributed by atoms with Gasteiger partial charge in [0.05, 0.1) is 11.3 Å². The molecule has 5 heteroatoms. The van der Waals surface area contributed by atoms with Crippen LogP contribution in [0.4, 0.5) is 5.69 Å². The van der Waals surface area contributed by atoms with E-state index < -0.39 is 5.97 Å². The molecule has 5 nitrogen and oxygen atoms in total. The molecule has 1 aromatic carbocycles. The number of carboxylic acids is 1. The Morgan fingerprint density at radius 3 is 2.92 bits per heavy atom. The first kappa shape index (κ1) is 7.72. The first-order chi connectivity index (χ1) is 6.20. The predicted molar refractivity (Wildman–Crippen MR) is 43.9 cm³/mol. The number of carboxylic acid groups (broad SMARTS) is 1. The van der Waals surface area contributed by atoms with Crippen molar-refractivity contribution in [3.8, 4) is 11.5 Å². The molecular formula is C8H7NO4. The first-order valence-corrected chi connectivity index (χ1v) is 3.61. The molecule has 3 N–H and O–H groups in total. The van der Waals surface area contributed by atoms with Crippen molar-refractivity contribution in [1.29, 1.82) is 0 Å². The van der Waals surface area contributed by atoms with E-state index >= 15 is 0 Å². The Hall–Kier alpha value is -1.91. The van der Waals surface area contributed by atoms with E-state index in [1.807, 2.05) is 0 Å². The topological polar surface area (TPSA) is 81.8 Å². The molecule has 0 spiro atoms. The standard InChI is InChI=1S/C8H7NO4/c9-6-4(8(10)11)1-2-5-7(6)13-3-12-5/h1-2H,3,9H2,(H,10,11). The van der Waals surface area contributed by atoms with Crippen LogP contribution in [0.1, 0.15) is 10.4 Å². The molecule has 0 aliphatic carbocycles. The summed E-state index contributed by atoms with van der Waals surface area (Å²) in [6.45, 7) is 0.0859. The number of carbonyl (C=O) groups is 1. The van der Waals surface area contributed by atoms with Gasteiger partial charge in [-0.05, 0) is 12.1 Å². The average Bonchev–Trinajstić information content (AvgIpc) is 2.52. The molecule has 0 amide bonds. The van der Waals surface area contributed by atoms with Gasteiger partial charge in [-0.1, -0.05) is 0 Å². The van der Waals surface area contributed by atoms with E-state index in [9.17, 15) is 4.79 Å². The molecule has 2 rings (SSSR count). The normalized spacial score (nSPS) is 12.9. The van der Waals surface area contributed by atoms with Crippen LogP contribution in [0.5, 0.6) is 11.5 Å². The summed E-state index contributed by atoms with van der Waals surface area (Å²) in [5.41, 5.74) is 5.69. The molecule has 1 aromatic rings. The van der Waals surface area contributed by atoms with Gasteiger partial charge in [0.25, 0.3) is 0 Å². The van der Waals surface area contributed by atoms with Crippen molar-refractivity contribution in [2.24, 2.45) is 0 Å². The second-order valence-electron chi connectivity index (χ2n) is 2.57. The van der Waals surface area contributed by atoms with Gasteiger partial charge < -0.3 is 20.3 Å². The third-order valence-corrected chi connectivity index (χ3v) is 1.81. The van der Waals surface area contributed by atoms with Crippen LogP contribution in [0, 0.1) is 0 Å². The summed E-state index contributed by atoms with van der Waals surface area (Å²) in [7, 11) is 0. The molecule has 68 valence electrons. The monoisotopic (exact) mass is 181 g/mol. The van der Waals surface area contributed by atoms with Gasteiger partial charge in [-0.2, -0.15) is 0 Å². The van der Waals surface area contributed by atoms with Crippen LogP contribution in [0.25, 0.3) is 0 Å². The zero-order chi connectivity index (χ0) is 9.42. The second-order valence-corrected chi connectivity index (χ2v) is 2.57. The lowest BCUT2D eigenvalue weighted by molar-refractivity contribution is 0.0697. The Bertz CT molecular complexity index is 375. The maximum Gasteiger partial charge on any atom is 0.337 e. The van der Waals surface area contributed by atoms with E-state index in [1.54, 1.807) is 0 Å². The number of benzene rings is 1. The Labute approximate surface area is 73.7 Å². The van der Waals surface area contributed by atoms with Gasteiger partial charge >= 0.3 is 5.97 Å². The summed E-state index contributed by atoms with van der Waals surface area (Å²) in [4.78, 5) is 10.6. The summed E-state index contributed by atoms with van der Waals surface area (Å²) in [6.07, 6.45) is 0. The van der Waals surface area contributed by atoms with Crippen LogP contribution >= 0.6 is 0 Å². The number of fused-ring (bicyclic) bond motifs is 1. The number of anilines is 1. The fraction of sp³-hybridized carbons (Fsp3) is 0.125. The lowest BCUT2D eigenvalue weighted by Gasteiger charge is -2.03. The van der Waals surface area contributed by atoms with Crippen molar-refractivity contribution in [3.05, 3.63) is 17.7 Å². The van der Waals surface area contributed by atoms with Gasteiger partial charge in [-0.25, -0.2) is 4.79 Å². The average molecular weight is 181 g/mol. The Morgan fingerprint density at radius 1 is 1.46 bits per heavy atom. The number of hydrogen-bond donors (Lipinski definition) is 2. The highest BCUT2D eigenvalue weighted by molar-refractivity contribution is 5.96. The molecule has 1 heterocycles. The molecule has 1 aliphatic rings. The van der Waals surface area contributed by atoms with E-state index in [0.717, 1.165) is 0 Å². The fourth-order valence-corrected chi connectivity index (χ4v) is 1.18. The van der Waals surface area contributed by atoms with Crippen molar-refractivity contribution < 1.29 is 19.4 Å². The third-order valence-electron chi connectivity index (χ3n) is 1.81. The van der Waals surface area contributed by atoms with E-state index in [2.05, 4.69) is 0 Å². The molecule has 0 unspecified atom stereocenters. The minimum atomic E-state index is -1.07. The van der Waals surface area contributed by atoms with Crippen LogP contribution in [0.3, 0.4) is 0 Å². The summed E-state index contributed by atoms with van der Waals surface area (Å²) in [6, 6.07) is 2.92. The quantitative estimate of drug-likeness (QED) is 0.623. The molecular weight excluding hydrogens is 174 g/mol. The maximum atomic E-state index is 10.6. The van der Waals surface area contributed by atoms with Crippen molar-refractivity contribution in [1.82, 2.24) is 0 Å². The third kappa shape index (κ3) is 1.05. The zero-order valence-electron chi connectivity index (χ0n) is 6.61. The number of aromatic carboxylic acids is 1. The van der Waals surface area contributed by atoms with Crippen molar-refractivity contribution >= 4 is 11.7 Å². The van der Waals surface area contributed by atoms with Gasteiger partial charge in [-0.15, -0.1) is 0 Å². The van der Waals surface area contributed by atoms with Crippen LogP contribution in [-0.4, -0.2) is 17.9 Å². The predicted octanol–water partition coefficient (Wildman–Crippen LogP) is 0.696. The molecule has 13 heavy (non-hydrogen) atoms. The van der Waals surface area contributed by atoms with Crippen LogP contribution in [0.15, 0.2) is 12.1 Å². The smallest absolute Gasteiger partial charge is 0.337 e. The van der Waals surface area contributed by atoms with E-state index in [0.29, 0.717) is 11.5 Å². The number of ether oxygens (including phenoxy) is 2. The Morgan fingerprint density at radius 2 is 2.23 bits per heavy atom. The highest BCUT2D eigenvalue weighted by Crippen LogP contribution is 2.39. The van der Waals surface area contributed by atoms with Crippen LogP contribution in [-0.2, 0) is 0 Å². The molecule has 0 aromatic heterocycles. The number of rotatable bonds is 1. The Kier molecular flexibility index (Phi) is 1.51. The maximum absolute atomic E-state index is 10.6. The highest BCUT2D eigenvalue weighted by Gasteiger charge is 2.21. The summed E-state index contributed by atoms with van der Waals surface area (Å²) in [5, 5.41) is 8.72. The van der Waals surface area contributed by atoms with Gasteiger partial charge in [-0.3, -0.25) is 0 Å². The molecule has 0 radical (unpaired) electrons. The van der Waals surface area contributed by atoms with Gasteiger partial charge in [0, 0.05) is 0 Å². The van der Waals surface area contributed by atoms with Crippen LogP contribution in [0.2, 0.25) is 0 Å². The van der Waals surface area contributed by atoms with E-state index in [1.165, 1.54) is 12.1 Å². The molecule has 0 atom stereocenters. The second kappa shape index (κ2) is 2.55. The number of nitrogens with two attached hydrogens (primary N) is 1. The van der Waals surface area contributed by atoms with Gasteiger partial charge in [0.2, 0.25) is 6.79 Å².